The van der Waals surface area contributed by atoms with E-state index < -0.39 is 5.95 Å². The molecule has 1 N–H and O–H groups in total. The second-order valence-electron chi connectivity index (χ2n) is 3.17. The van der Waals surface area contributed by atoms with Crippen LogP contribution in [-0.4, -0.2) is 9.97 Å². The van der Waals surface area contributed by atoms with Gasteiger partial charge in [-0.3, -0.25) is 0 Å². The van der Waals surface area contributed by atoms with Gasteiger partial charge in [-0.2, -0.15) is 4.39 Å². The van der Waals surface area contributed by atoms with Crippen LogP contribution in [0.4, 0.5) is 10.1 Å². The summed E-state index contributed by atoms with van der Waals surface area (Å²) in [4.78, 5) is 7.82. The van der Waals surface area contributed by atoms with E-state index in [1.54, 1.807) is 6.07 Å². The van der Waals surface area contributed by atoms with Crippen LogP contribution < -0.4 is 5.32 Å². The van der Waals surface area contributed by atoms with Gasteiger partial charge in [0.05, 0.1) is 24.1 Å². The molecular weight excluding hydrogens is 273 g/mol. The molecule has 3 nitrogen and oxygen atoms in total. The van der Waals surface area contributed by atoms with Crippen molar-refractivity contribution in [2.45, 2.75) is 6.54 Å². The Kier molecular flexibility index (Phi) is 3.46. The van der Waals surface area contributed by atoms with Crippen molar-refractivity contribution in [2.75, 3.05) is 5.32 Å². The number of hydrogen-bond acceptors (Lipinski definition) is 3. The van der Waals surface area contributed by atoms with Crippen LogP contribution in [-0.2, 0) is 6.54 Å². The summed E-state index contributed by atoms with van der Waals surface area (Å²) < 4.78 is 13.3. The first-order chi connectivity index (χ1) is 7.74. The smallest absolute Gasteiger partial charge is 0.212 e. The first kappa shape index (κ1) is 11.0. The van der Waals surface area contributed by atoms with Crippen molar-refractivity contribution in [2.24, 2.45) is 0 Å². The lowest BCUT2D eigenvalue weighted by molar-refractivity contribution is 0.584. The van der Waals surface area contributed by atoms with Crippen LogP contribution in [0.15, 0.2) is 41.1 Å². The fraction of sp³-hybridized carbons (Fsp3) is 0.0909. The highest BCUT2D eigenvalue weighted by atomic mass is 79.9. The van der Waals surface area contributed by atoms with Gasteiger partial charge in [-0.05, 0) is 40.2 Å². The molecule has 0 aromatic carbocycles. The Hall–Kier alpha value is -1.49. The number of rotatable bonds is 3. The predicted octanol–water partition coefficient (Wildman–Crippen LogP) is 2.99. The van der Waals surface area contributed by atoms with Crippen molar-refractivity contribution in [3.63, 3.8) is 0 Å². The molecule has 0 amide bonds. The van der Waals surface area contributed by atoms with Gasteiger partial charge in [0.1, 0.15) is 4.60 Å². The monoisotopic (exact) mass is 281 g/mol. The molecule has 0 unspecified atom stereocenters. The fourth-order valence-electron chi connectivity index (χ4n) is 1.22. The molecule has 2 rings (SSSR count). The number of nitrogens with one attached hydrogen (secondary N) is 1. The number of aromatic nitrogens is 2. The Labute approximate surface area is 101 Å². The van der Waals surface area contributed by atoms with E-state index >= 15 is 0 Å². The summed E-state index contributed by atoms with van der Waals surface area (Å²) >= 11 is 3.30. The normalized spacial score (nSPS) is 10.1. The van der Waals surface area contributed by atoms with Gasteiger partial charge in [0, 0.05) is 0 Å². The average Bonchev–Trinajstić information content (AvgIpc) is 2.28. The minimum atomic E-state index is -0.480. The van der Waals surface area contributed by atoms with Gasteiger partial charge in [0.2, 0.25) is 5.95 Å². The fourth-order valence-corrected chi connectivity index (χ4v) is 1.60. The van der Waals surface area contributed by atoms with Gasteiger partial charge < -0.3 is 5.32 Å². The zero-order valence-electron chi connectivity index (χ0n) is 8.32. The molecule has 0 spiro atoms. The van der Waals surface area contributed by atoms with E-state index in [-0.39, 0.29) is 0 Å². The van der Waals surface area contributed by atoms with Crippen molar-refractivity contribution in [1.82, 2.24) is 9.97 Å². The predicted molar refractivity (Wildman–Crippen MR) is 63.5 cm³/mol. The SMILES string of the molecule is Fc1ccc(NCc2cccc(Br)n2)cn1. The van der Waals surface area contributed by atoms with Gasteiger partial charge in [-0.1, -0.05) is 6.07 Å². The zero-order chi connectivity index (χ0) is 11.4. The van der Waals surface area contributed by atoms with Crippen LogP contribution >= 0.6 is 15.9 Å². The summed E-state index contributed by atoms with van der Waals surface area (Å²) in [5.41, 5.74) is 1.67. The van der Waals surface area contributed by atoms with Gasteiger partial charge in [-0.15, -0.1) is 0 Å². The number of nitrogens with zero attached hydrogens (tertiary/aromatic N) is 2. The van der Waals surface area contributed by atoms with Crippen LogP contribution in [0.5, 0.6) is 0 Å². The highest BCUT2D eigenvalue weighted by Gasteiger charge is 1.97. The standard InChI is InChI=1S/C11H9BrFN3/c12-10-3-1-2-9(16-10)7-14-8-4-5-11(13)15-6-8/h1-6,14H,7H2. The topological polar surface area (TPSA) is 37.8 Å². The second-order valence-corrected chi connectivity index (χ2v) is 3.99. The Bertz CT molecular complexity index is 473. The molecule has 2 heterocycles. The van der Waals surface area contributed by atoms with E-state index in [2.05, 4.69) is 31.2 Å². The highest BCUT2D eigenvalue weighted by molar-refractivity contribution is 9.10. The van der Waals surface area contributed by atoms with Crippen molar-refractivity contribution in [1.29, 1.82) is 0 Å². The van der Waals surface area contributed by atoms with E-state index in [0.717, 1.165) is 16.0 Å². The number of halogens is 2. The third-order valence-electron chi connectivity index (χ3n) is 1.97. The van der Waals surface area contributed by atoms with Crippen molar-refractivity contribution >= 4 is 21.6 Å². The largest absolute Gasteiger partial charge is 0.378 e. The average molecular weight is 282 g/mol. The summed E-state index contributed by atoms with van der Waals surface area (Å²) in [5, 5.41) is 3.10. The molecule has 0 radical (unpaired) electrons. The molecule has 0 fully saturated rings. The maximum atomic E-state index is 12.5. The molecule has 0 aliphatic carbocycles. The van der Waals surface area contributed by atoms with E-state index in [4.69, 9.17) is 0 Å². The molecule has 0 saturated heterocycles. The Morgan fingerprint density at radius 3 is 2.81 bits per heavy atom. The number of hydrogen-bond donors (Lipinski definition) is 1. The third-order valence-corrected chi connectivity index (χ3v) is 2.42. The van der Waals surface area contributed by atoms with Crippen LogP contribution in [0.3, 0.4) is 0 Å². The van der Waals surface area contributed by atoms with Crippen LogP contribution in [0.2, 0.25) is 0 Å². The summed E-state index contributed by atoms with van der Waals surface area (Å²) in [6, 6.07) is 8.64. The van der Waals surface area contributed by atoms with Crippen LogP contribution in [0, 0.1) is 5.95 Å². The first-order valence-electron chi connectivity index (χ1n) is 4.71. The van der Waals surface area contributed by atoms with E-state index in [1.807, 2.05) is 18.2 Å². The molecule has 0 bridgehead atoms. The lowest BCUT2D eigenvalue weighted by Crippen LogP contribution is -2.02. The molecule has 2 aromatic rings. The lowest BCUT2D eigenvalue weighted by atomic mass is 10.3. The number of anilines is 1. The maximum Gasteiger partial charge on any atom is 0.212 e. The van der Waals surface area contributed by atoms with E-state index in [1.165, 1.54) is 12.3 Å². The van der Waals surface area contributed by atoms with Gasteiger partial charge >= 0.3 is 0 Å². The van der Waals surface area contributed by atoms with Crippen LogP contribution in [0.25, 0.3) is 0 Å². The van der Waals surface area contributed by atoms with Crippen molar-refractivity contribution in [3.8, 4) is 0 Å². The van der Waals surface area contributed by atoms with Gasteiger partial charge in [0.25, 0.3) is 0 Å². The summed E-state index contributed by atoms with van der Waals surface area (Å²) in [6.45, 7) is 0.576. The van der Waals surface area contributed by atoms with Gasteiger partial charge in [0.15, 0.2) is 0 Å². The van der Waals surface area contributed by atoms with Crippen molar-refractivity contribution < 1.29 is 4.39 Å². The Morgan fingerprint density at radius 2 is 2.12 bits per heavy atom. The Balaban J connectivity index is 1.99. The quantitative estimate of drug-likeness (QED) is 0.879. The zero-order valence-corrected chi connectivity index (χ0v) is 9.91. The van der Waals surface area contributed by atoms with Crippen LogP contribution in [0.1, 0.15) is 5.69 Å². The first-order valence-corrected chi connectivity index (χ1v) is 5.50. The summed E-state index contributed by atoms with van der Waals surface area (Å²) in [7, 11) is 0. The lowest BCUT2D eigenvalue weighted by Gasteiger charge is -2.05. The molecule has 0 aliphatic heterocycles. The molecule has 0 aliphatic rings. The second kappa shape index (κ2) is 5.03. The number of pyridine rings is 2. The summed E-state index contributed by atoms with van der Waals surface area (Å²) in [6.07, 6.45) is 1.45. The van der Waals surface area contributed by atoms with E-state index in [9.17, 15) is 4.39 Å². The molecule has 0 atom stereocenters. The minimum Gasteiger partial charge on any atom is -0.378 e. The third kappa shape index (κ3) is 3.00. The van der Waals surface area contributed by atoms with Crippen molar-refractivity contribution in [3.05, 3.63) is 52.8 Å². The molecule has 82 valence electrons. The highest BCUT2D eigenvalue weighted by Crippen LogP contribution is 2.09. The van der Waals surface area contributed by atoms with Gasteiger partial charge in [-0.25, -0.2) is 9.97 Å². The summed E-state index contributed by atoms with van der Waals surface area (Å²) in [5.74, 6) is -0.480. The molecule has 0 saturated carbocycles. The molecule has 2 aromatic heterocycles. The Morgan fingerprint density at radius 1 is 1.25 bits per heavy atom. The van der Waals surface area contributed by atoms with E-state index in [0.29, 0.717) is 6.54 Å². The molecular formula is C11H9BrFN3. The minimum absolute atomic E-state index is 0.480. The maximum absolute atomic E-state index is 12.5. The molecule has 16 heavy (non-hydrogen) atoms. The molecule has 5 heteroatoms.